The third-order valence-electron chi connectivity index (χ3n) is 1.92. The van der Waals surface area contributed by atoms with Crippen molar-refractivity contribution in [1.82, 2.24) is 4.98 Å². The highest BCUT2D eigenvalue weighted by atomic mass is 35.5. The molecule has 2 rings (SSSR count). The summed E-state index contributed by atoms with van der Waals surface area (Å²) in [6, 6.07) is 12.0. The second-order valence-electron chi connectivity index (χ2n) is 3.05. The number of hydrogen-bond donors (Lipinski definition) is 0. The van der Waals surface area contributed by atoms with Crippen LogP contribution in [0.25, 0.3) is 0 Å². The summed E-state index contributed by atoms with van der Waals surface area (Å²) in [5, 5.41) is 0.312. The average molecular weight is 234 g/mol. The summed E-state index contributed by atoms with van der Waals surface area (Å²) in [6.07, 6.45) is 1.51. The van der Waals surface area contributed by atoms with Gasteiger partial charge in [-0.25, -0.2) is 9.78 Å². The van der Waals surface area contributed by atoms with Crippen molar-refractivity contribution >= 4 is 17.6 Å². The molecule has 0 aliphatic rings. The smallest absolute Gasteiger partial charge is 0.344 e. The van der Waals surface area contributed by atoms with E-state index in [-0.39, 0.29) is 5.88 Å². The number of ether oxygens (including phenoxy) is 1. The first-order valence-corrected chi connectivity index (χ1v) is 5.03. The minimum absolute atomic E-state index is 0.123. The molecule has 1 aromatic carbocycles. The zero-order valence-electron chi connectivity index (χ0n) is 8.26. The van der Waals surface area contributed by atoms with Crippen LogP contribution in [0.2, 0.25) is 5.02 Å². The van der Waals surface area contributed by atoms with Crippen LogP contribution in [0.15, 0.2) is 48.7 Å². The van der Waals surface area contributed by atoms with Crippen LogP contribution in [-0.4, -0.2) is 11.0 Å². The average Bonchev–Trinajstić information content (AvgIpc) is 2.33. The fourth-order valence-corrected chi connectivity index (χ4v) is 1.33. The van der Waals surface area contributed by atoms with E-state index in [1.165, 1.54) is 6.20 Å². The number of hydrogen-bond acceptors (Lipinski definition) is 3. The Hall–Kier alpha value is -1.87. The van der Waals surface area contributed by atoms with Crippen molar-refractivity contribution in [3.05, 3.63) is 59.2 Å². The zero-order valence-corrected chi connectivity index (χ0v) is 9.02. The maximum absolute atomic E-state index is 11.6. The molecule has 4 heteroatoms. The van der Waals surface area contributed by atoms with Gasteiger partial charge < -0.3 is 4.74 Å². The molecular formula is C12H8ClNO2. The molecule has 0 spiro atoms. The number of esters is 1. The third-order valence-corrected chi connectivity index (χ3v) is 2.21. The molecule has 0 saturated heterocycles. The van der Waals surface area contributed by atoms with Crippen LogP contribution in [0.4, 0.5) is 0 Å². The van der Waals surface area contributed by atoms with Crippen molar-refractivity contribution in [2.75, 3.05) is 0 Å². The van der Waals surface area contributed by atoms with E-state index < -0.39 is 5.97 Å². The van der Waals surface area contributed by atoms with Crippen molar-refractivity contribution in [3.8, 4) is 5.88 Å². The van der Waals surface area contributed by atoms with E-state index in [2.05, 4.69) is 4.98 Å². The molecule has 0 aliphatic carbocycles. The number of pyridine rings is 1. The van der Waals surface area contributed by atoms with Gasteiger partial charge >= 0.3 is 5.97 Å². The van der Waals surface area contributed by atoms with E-state index in [0.29, 0.717) is 10.6 Å². The van der Waals surface area contributed by atoms with Gasteiger partial charge in [0, 0.05) is 6.20 Å². The number of carbonyl (C=O) groups is 1. The van der Waals surface area contributed by atoms with Crippen LogP contribution in [0.1, 0.15) is 10.4 Å². The van der Waals surface area contributed by atoms with Gasteiger partial charge in [0.05, 0.1) is 5.56 Å². The number of carbonyl (C=O) groups excluding carboxylic acids is 1. The molecule has 1 aromatic heterocycles. The molecule has 16 heavy (non-hydrogen) atoms. The van der Waals surface area contributed by atoms with Gasteiger partial charge in [0.25, 0.3) is 0 Å². The minimum atomic E-state index is -0.471. The van der Waals surface area contributed by atoms with Crippen molar-refractivity contribution < 1.29 is 9.53 Å². The van der Waals surface area contributed by atoms with Gasteiger partial charge in [-0.3, -0.25) is 0 Å². The number of rotatable bonds is 2. The van der Waals surface area contributed by atoms with Crippen molar-refractivity contribution in [2.45, 2.75) is 0 Å². The van der Waals surface area contributed by atoms with Gasteiger partial charge in [-0.2, -0.15) is 0 Å². The Balaban J connectivity index is 2.18. The normalized spacial score (nSPS) is 9.81. The second kappa shape index (κ2) is 4.77. The lowest BCUT2D eigenvalue weighted by atomic mass is 10.2. The minimum Gasteiger partial charge on any atom is -0.402 e. The van der Waals surface area contributed by atoms with Crippen LogP contribution in [0, 0.1) is 0 Å². The molecule has 1 heterocycles. The van der Waals surface area contributed by atoms with Gasteiger partial charge in [0.2, 0.25) is 5.88 Å². The Morgan fingerprint density at radius 1 is 1.12 bits per heavy atom. The van der Waals surface area contributed by atoms with Crippen molar-refractivity contribution in [2.24, 2.45) is 0 Å². The van der Waals surface area contributed by atoms with Crippen molar-refractivity contribution in [1.29, 1.82) is 0 Å². The van der Waals surface area contributed by atoms with Crippen LogP contribution in [0.5, 0.6) is 5.88 Å². The molecule has 0 unspecified atom stereocenters. The summed E-state index contributed by atoms with van der Waals surface area (Å²) < 4.78 is 5.05. The van der Waals surface area contributed by atoms with Gasteiger partial charge in [-0.05, 0) is 24.3 Å². The Morgan fingerprint density at radius 3 is 2.56 bits per heavy atom. The third kappa shape index (κ3) is 2.38. The highest BCUT2D eigenvalue weighted by Gasteiger charge is 2.10. The molecule has 0 bridgehead atoms. The Bertz CT molecular complexity index is 499. The molecule has 0 atom stereocenters. The zero-order chi connectivity index (χ0) is 11.4. The fraction of sp³-hybridized carbons (Fsp3) is 0. The summed E-state index contributed by atoms with van der Waals surface area (Å²) in [4.78, 5) is 15.5. The number of benzene rings is 1. The van der Waals surface area contributed by atoms with Gasteiger partial charge in [-0.1, -0.05) is 29.8 Å². The van der Waals surface area contributed by atoms with Crippen LogP contribution >= 0.6 is 11.6 Å². The molecule has 0 amide bonds. The summed E-state index contributed by atoms with van der Waals surface area (Å²) in [6.45, 7) is 0. The van der Waals surface area contributed by atoms with Gasteiger partial charge in [-0.15, -0.1) is 0 Å². The van der Waals surface area contributed by atoms with Crippen LogP contribution in [-0.2, 0) is 0 Å². The number of halogens is 1. The Labute approximate surface area is 97.7 Å². The van der Waals surface area contributed by atoms with E-state index in [0.717, 1.165) is 0 Å². The van der Waals surface area contributed by atoms with E-state index in [1.54, 1.807) is 36.4 Å². The summed E-state index contributed by atoms with van der Waals surface area (Å²) in [7, 11) is 0. The van der Waals surface area contributed by atoms with E-state index in [4.69, 9.17) is 16.3 Å². The van der Waals surface area contributed by atoms with E-state index in [9.17, 15) is 4.79 Å². The van der Waals surface area contributed by atoms with E-state index in [1.807, 2.05) is 6.07 Å². The standard InChI is InChI=1S/C12H8ClNO2/c13-10-7-4-8-14-11(10)16-12(15)9-5-2-1-3-6-9/h1-8H. The summed E-state index contributed by atoms with van der Waals surface area (Å²) in [5.41, 5.74) is 0.462. The van der Waals surface area contributed by atoms with Crippen LogP contribution < -0.4 is 4.74 Å². The molecule has 0 fully saturated rings. The second-order valence-corrected chi connectivity index (χ2v) is 3.45. The van der Waals surface area contributed by atoms with Crippen LogP contribution in [0.3, 0.4) is 0 Å². The summed E-state index contributed by atoms with van der Waals surface area (Å²) in [5.74, 6) is -0.348. The lowest BCUT2D eigenvalue weighted by Gasteiger charge is -2.03. The lowest BCUT2D eigenvalue weighted by Crippen LogP contribution is -2.09. The SMILES string of the molecule is O=C(Oc1ncccc1Cl)c1ccccc1. The highest BCUT2D eigenvalue weighted by molar-refractivity contribution is 6.31. The highest BCUT2D eigenvalue weighted by Crippen LogP contribution is 2.20. The molecule has 0 N–H and O–H groups in total. The maximum Gasteiger partial charge on any atom is 0.344 e. The molecule has 0 radical (unpaired) electrons. The van der Waals surface area contributed by atoms with Crippen molar-refractivity contribution in [3.63, 3.8) is 0 Å². The molecule has 3 nitrogen and oxygen atoms in total. The first-order valence-electron chi connectivity index (χ1n) is 4.65. The number of aromatic nitrogens is 1. The molecule has 2 aromatic rings. The molecule has 0 aliphatic heterocycles. The molecule has 0 saturated carbocycles. The monoisotopic (exact) mass is 233 g/mol. The first-order chi connectivity index (χ1) is 7.77. The predicted octanol–water partition coefficient (Wildman–Crippen LogP) is 2.95. The predicted molar refractivity (Wildman–Crippen MR) is 60.6 cm³/mol. The molecule has 80 valence electrons. The van der Waals surface area contributed by atoms with E-state index >= 15 is 0 Å². The van der Waals surface area contributed by atoms with Gasteiger partial charge in [0.15, 0.2) is 0 Å². The van der Waals surface area contributed by atoms with Gasteiger partial charge in [0.1, 0.15) is 5.02 Å². The number of nitrogens with zero attached hydrogens (tertiary/aromatic N) is 1. The Kier molecular flexibility index (Phi) is 3.17. The summed E-state index contributed by atoms with van der Waals surface area (Å²) >= 11 is 5.82. The fourth-order valence-electron chi connectivity index (χ4n) is 1.17. The Morgan fingerprint density at radius 2 is 1.88 bits per heavy atom. The largest absolute Gasteiger partial charge is 0.402 e. The molecular weight excluding hydrogens is 226 g/mol. The topological polar surface area (TPSA) is 39.2 Å². The quantitative estimate of drug-likeness (QED) is 0.749. The maximum atomic E-state index is 11.6. The lowest BCUT2D eigenvalue weighted by molar-refractivity contribution is 0.0727. The first kappa shape index (κ1) is 10.6.